The molecule has 0 saturated heterocycles. The number of benzene rings is 1. The van der Waals surface area contributed by atoms with Crippen LogP contribution in [-0.4, -0.2) is 10.9 Å². The number of amides is 1. The maximum atomic E-state index is 11.8. The number of nitrogens with one attached hydrogen (secondary N) is 2. The Morgan fingerprint density at radius 1 is 1.09 bits per heavy atom. The van der Waals surface area contributed by atoms with Crippen LogP contribution in [0.4, 0.5) is 17.2 Å². The zero-order valence-corrected chi connectivity index (χ0v) is 12.0. The first-order chi connectivity index (χ1) is 10.7. The molecule has 0 aliphatic rings. The minimum absolute atomic E-state index is 0.253. The molecule has 5 heteroatoms. The SMILES string of the molecule is Cc1cccc(Nc2ccc(NC(=O)c3ccco3)nc2)c1. The predicted molar refractivity (Wildman–Crippen MR) is 85.4 cm³/mol. The number of hydrogen-bond acceptors (Lipinski definition) is 4. The van der Waals surface area contributed by atoms with Gasteiger partial charge in [-0.2, -0.15) is 0 Å². The van der Waals surface area contributed by atoms with Crippen molar-refractivity contribution in [3.8, 4) is 0 Å². The van der Waals surface area contributed by atoms with E-state index in [1.807, 2.05) is 37.3 Å². The molecule has 3 aromatic rings. The highest BCUT2D eigenvalue weighted by atomic mass is 16.3. The zero-order chi connectivity index (χ0) is 15.4. The van der Waals surface area contributed by atoms with E-state index in [-0.39, 0.29) is 11.7 Å². The normalized spacial score (nSPS) is 10.2. The first kappa shape index (κ1) is 13.9. The lowest BCUT2D eigenvalue weighted by Gasteiger charge is -2.08. The third kappa shape index (κ3) is 3.32. The summed E-state index contributed by atoms with van der Waals surface area (Å²) in [6.45, 7) is 2.04. The molecule has 1 aromatic carbocycles. The molecule has 0 radical (unpaired) electrons. The number of furan rings is 1. The summed E-state index contributed by atoms with van der Waals surface area (Å²) in [5, 5.41) is 5.93. The van der Waals surface area contributed by atoms with Gasteiger partial charge in [-0.15, -0.1) is 0 Å². The van der Waals surface area contributed by atoms with Gasteiger partial charge in [0.05, 0.1) is 18.1 Å². The van der Waals surface area contributed by atoms with Crippen LogP contribution in [0, 0.1) is 6.92 Å². The lowest BCUT2D eigenvalue weighted by atomic mass is 10.2. The standard InChI is InChI=1S/C17H15N3O2/c1-12-4-2-5-13(10-12)19-14-7-8-16(18-11-14)20-17(21)15-6-3-9-22-15/h2-11,19H,1H3,(H,18,20,21). The molecular weight excluding hydrogens is 278 g/mol. The molecule has 0 aliphatic carbocycles. The van der Waals surface area contributed by atoms with Crippen LogP contribution in [0.3, 0.4) is 0 Å². The lowest BCUT2D eigenvalue weighted by molar-refractivity contribution is 0.0996. The topological polar surface area (TPSA) is 67.2 Å². The number of carbonyl (C=O) groups is 1. The van der Waals surface area contributed by atoms with Gasteiger partial charge in [-0.25, -0.2) is 4.98 Å². The summed E-state index contributed by atoms with van der Waals surface area (Å²) in [4.78, 5) is 16.0. The highest BCUT2D eigenvalue weighted by Crippen LogP contribution is 2.18. The number of rotatable bonds is 4. The Labute approximate surface area is 128 Å². The second-order valence-electron chi connectivity index (χ2n) is 4.86. The first-order valence-electron chi connectivity index (χ1n) is 6.85. The van der Waals surface area contributed by atoms with Crippen molar-refractivity contribution in [2.75, 3.05) is 10.6 Å². The van der Waals surface area contributed by atoms with E-state index in [2.05, 4.69) is 15.6 Å². The van der Waals surface area contributed by atoms with Gasteiger partial charge in [0.15, 0.2) is 5.76 Å². The van der Waals surface area contributed by atoms with Crippen molar-refractivity contribution >= 4 is 23.1 Å². The van der Waals surface area contributed by atoms with Crippen LogP contribution in [0.5, 0.6) is 0 Å². The van der Waals surface area contributed by atoms with E-state index in [9.17, 15) is 4.79 Å². The fourth-order valence-electron chi connectivity index (χ4n) is 2.02. The highest BCUT2D eigenvalue weighted by Gasteiger charge is 2.09. The van der Waals surface area contributed by atoms with Crippen LogP contribution in [0.15, 0.2) is 65.4 Å². The van der Waals surface area contributed by atoms with Crippen LogP contribution in [0.1, 0.15) is 16.1 Å². The molecule has 0 fully saturated rings. The van der Waals surface area contributed by atoms with Crippen molar-refractivity contribution in [2.45, 2.75) is 6.92 Å². The summed E-state index contributed by atoms with van der Waals surface area (Å²) in [5.74, 6) is 0.400. The van der Waals surface area contributed by atoms with Crippen LogP contribution >= 0.6 is 0 Å². The molecule has 3 rings (SSSR count). The van der Waals surface area contributed by atoms with Crippen molar-refractivity contribution in [1.29, 1.82) is 0 Å². The van der Waals surface area contributed by atoms with Crippen LogP contribution in [0.25, 0.3) is 0 Å². The maximum absolute atomic E-state index is 11.8. The molecule has 2 heterocycles. The van der Waals surface area contributed by atoms with Gasteiger partial charge >= 0.3 is 0 Å². The minimum Gasteiger partial charge on any atom is -0.459 e. The van der Waals surface area contributed by atoms with Crippen molar-refractivity contribution in [3.63, 3.8) is 0 Å². The monoisotopic (exact) mass is 293 g/mol. The molecule has 5 nitrogen and oxygen atoms in total. The number of nitrogens with zero attached hydrogens (tertiary/aromatic N) is 1. The number of aromatic nitrogens is 1. The molecule has 0 spiro atoms. The fourth-order valence-corrected chi connectivity index (χ4v) is 2.02. The minimum atomic E-state index is -0.322. The summed E-state index contributed by atoms with van der Waals surface area (Å²) in [5.41, 5.74) is 3.02. The van der Waals surface area contributed by atoms with Gasteiger partial charge < -0.3 is 15.1 Å². The Bertz CT molecular complexity index is 765. The Morgan fingerprint density at radius 2 is 2.00 bits per heavy atom. The second kappa shape index (κ2) is 6.13. The van der Waals surface area contributed by atoms with Crippen molar-refractivity contribution in [2.24, 2.45) is 0 Å². The zero-order valence-electron chi connectivity index (χ0n) is 12.0. The third-order valence-corrected chi connectivity index (χ3v) is 3.06. The van der Waals surface area contributed by atoms with E-state index in [4.69, 9.17) is 4.42 Å². The molecule has 0 unspecified atom stereocenters. The Hall–Kier alpha value is -3.08. The molecule has 0 bridgehead atoms. The summed E-state index contributed by atoms with van der Waals surface area (Å²) in [6, 6.07) is 14.9. The van der Waals surface area contributed by atoms with Crippen LogP contribution in [-0.2, 0) is 0 Å². The Balaban J connectivity index is 1.66. The highest BCUT2D eigenvalue weighted by molar-refractivity contribution is 6.01. The largest absolute Gasteiger partial charge is 0.459 e. The summed E-state index contributed by atoms with van der Waals surface area (Å²) >= 11 is 0. The summed E-state index contributed by atoms with van der Waals surface area (Å²) in [7, 11) is 0. The molecule has 0 atom stereocenters. The molecule has 110 valence electrons. The van der Waals surface area contributed by atoms with Crippen molar-refractivity contribution < 1.29 is 9.21 Å². The second-order valence-corrected chi connectivity index (χ2v) is 4.86. The van der Waals surface area contributed by atoms with Gasteiger partial charge in [0.25, 0.3) is 5.91 Å². The van der Waals surface area contributed by atoms with E-state index in [0.717, 1.165) is 11.4 Å². The van der Waals surface area contributed by atoms with E-state index >= 15 is 0 Å². The average molecular weight is 293 g/mol. The quantitative estimate of drug-likeness (QED) is 0.763. The van der Waals surface area contributed by atoms with Gasteiger partial charge in [-0.1, -0.05) is 12.1 Å². The van der Waals surface area contributed by atoms with Gasteiger partial charge in [0.2, 0.25) is 0 Å². The van der Waals surface area contributed by atoms with Crippen LogP contribution in [0.2, 0.25) is 0 Å². The van der Waals surface area contributed by atoms with Gasteiger partial charge in [-0.3, -0.25) is 4.79 Å². The molecule has 0 saturated carbocycles. The average Bonchev–Trinajstić information content (AvgIpc) is 3.04. The van der Waals surface area contributed by atoms with Gasteiger partial charge in [0.1, 0.15) is 5.82 Å². The molecule has 2 aromatic heterocycles. The summed E-state index contributed by atoms with van der Waals surface area (Å²) in [6.07, 6.45) is 3.12. The third-order valence-electron chi connectivity index (χ3n) is 3.06. The number of carbonyl (C=O) groups excluding carboxylic acids is 1. The van der Waals surface area contributed by atoms with E-state index < -0.39 is 0 Å². The maximum Gasteiger partial charge on any atom is 0.292 e. The molecule has 1 amide bonds. The smallest absolute Gasteiger partial charge is 0.292 e. The first-order valence-corrected chi connectivity index (χ1v) is 6.85. The number of aryl methyl sites for hydroxylation is 1. The molecule has 0 aliphatic heterocycles. The molecule has 2 N–H and O–H groups in total. The molecule has 22 heavy (non-hydrogen) atoms. The molecular formula is C17H15N3O2. The van der Waals surface area contributed by atoms with E-state index in [0.29, 0.717) is 5.82 Å². The number of anilines is 3. The van der Waals surface area contributed by atoms with Gasteiger partial charge in [-0.05, 0) is 48.9 Å². The lowest BCUT2D eigenvalue weighted by Crippen LogP contribution is -2.11. The number of pyridine rings is 1. The predicted octanol–water partition coefficient (Wildman–Crippen LogP) is 3.98. The van der Waals surface area contributed by atoms with E-state index in [1.54, 1.807) is 24.4 Å². The van der Waals surface area contributed by atoms with E-state index in [1.165, 1.54) is 11.8 Å². The van der Waals surface area contributed by atoms with Crippen LogP contribution < -0.4 is 10.6 Å². The van der Waals surface area contributed by atoms with Crippen molar-refractivity contribution in [1.82, 2.24) is 4.98 Å². The Kier molecular flexibility index (Phi) is 3.87. The fraction of sp³-hybridized carbons (Fsp3) is 0.0588. The van der Waals surface area contributed by atoms with Crippen molar-refractivity contribution in [3.05, 3.63) is 72.3 Å². The van der Waals surface area contributed by atoms with Gasteiger partial charge in [0, 0.05) is 5.69 Å². The Morgan fingerprint density at radius 3 is 2.68 bits per heavy atom. The summed E-state index contributed by atoms with van der Waals surface area (Å²) < 4.78 is 5.03. The number of hydrogen-bond donors (Lipinski definition) is 2.